The summed E-state index contributed by atoms with van der Waals surface area (Å²) in [6.45, 7) is 2.17. The Morgan fingerprint density at radius 1 is 0.950 bits per heavy atom. The summed E-state index contributed by atoms with van der Waals surface area (Å²) in [5, 5.41) is 0. The Balaban J connectivity index is 0.00000361. The molecule has 4 heteroatoms. The maximum atomic E-state index is 11.6. The number of rotatable bonds is 8. The van der Waals surface area contributed by atoms with E-state index in [4.69, 9.17) is 4.74 Å². The van der Waals surface area contributed by atoms with Crippen molar-refractivity contribution in [2.75, 3.05) is 0 Å². The van der Waals surface area contributed by atoms with E-state index in [2.05, 4.69) is 6.92 Å². The van der Waals surface area contributed by atoms with Crippen LogP contribution in [0.4, 0.5) is 0 Å². The average molecular weight is 286 g/mol. The summed E-state index contributed by atoms with van der Waals surface area (Å²) >= 11 is 0. The normalized spacial score (nSPS) is 9.65. The number of ether oxygens (including phenoxy) is 1. The third kappa shape index (κ3) is 8.51. The second-order valence-electron chi connectivity index (χ2n) is 4.65. The van der Waals surface area contributed by atoms with Gasteiger partial charge < -0.3 is 4.74 Å². The third-order valence-electron chi connectivity index (χ3n) is 2.95. The van der Waals surface area contributed by atoms with Crippen LogP contribution in [0.5, 0.6) is 0 Å². The van der Waals surface area contributed by atoms with E-state index in [0.717, 1.165) is 19.3 Å². The first-order valence-electron chi connectivity index (χ1n) is 7.04. The maximum absolute atomic E-state index is 11.6. The second kappa shape index (κ2) is 12.1. The van der Waals surface area contributed by atoms with E-state index in [-0.39, 0.29) is 29.6 Å². The van der Waals surface area contributed by atoms with E-state index in [1.54, 1.807) is 24.3 Å². The predicted molar refractivity (Wildman–Crippen MR) is 82.0 cm³/mol. The Bertz CT molecular complexity index is 390. The Kier molecular flexibility index (Phi) is 11.7. The van der Waals surface area contributed by atoms with Crippen LogP contribution in [-0.4, -0.2) is 41.5 Å². The van der Waals surface area contributed by atoms with Gasteiger partial charge in [-0.15, -0.1) is 0 Å². The molecule has 3 nitrogen and oxygen atoms in total. The Morgan fingerprint density at radius 3 is 2.20 bits per heavy atom. The summed E-state index contributed by atoms with van der Waals surface area (Å²) in [7, 11) is 0. The van der Waals surface area contributed by atoms with Crippen LogP contribution in [0.1, 0.15) is 62.2 Å². The number of hydrogen-bond donors (Lipinski definition) is 0. The van der Waals surface area contributed by atoms with Crippen LogP contribution < -0.4 is 0 Å². The van der Waals surface area contributed by atoms with Crippen molar-refractivity contribution in [3.63, 3.8) is 0 Å². The number of esters is 2. The molecule has 0 N–H and O–H groups in total. The Labute approximate surface area is 143 Å². The van der Waals surface area contributed by atoms with Gasteiger partial charge in [-0.3, -0.25) is 4.79 Å². The molecule has 0 aliphatic rings. The van der Waals surface area contributed by atoms with Crippen molar-refractivity contribution < 1.29 is 14.3 Å². The molecule has 0 aromatic heterocycles. The molecule has 0 aliphatic carbocycles. The molecule has 1 aromatic carbocycles. The van der Waals surface area contributed by atoms with Gasteiger partial charge in [0.1, 0.15) is 0 Å². The number of unbranched alkanes of at least 4 members (excludes halogenated alkanes) is 5. The zero-order valence-corrected chi connectivity index (χ0v) is 11.6. The van der Waals surface area contributed by atoms with Gasteiger partial charge in [0.2, 0.25) is 0 Å². The van der Waals surface area contributed by atoms with Crippen molar-refractivity contribution >= 4 is 41.5 Å². The molecule has 0 spiro atoms. The molecule has 0 saturated carbocycles. The summed E-state index contributed by atoms with van der Waals surface area (Å²) in [6, 6.07) is 8.58. The fourth-order valence-corrected chi connectivity index (χ4v) is 1.84. The summed E-state index contributed by atoms with van der Waals surface area (Å²) < 4.78 is 4.79. The summed E-state index contributed by atoms with van der Waals surface area (Å²) in [4.78, 5) is 23.1. The van der Waals surface area contributed by atoms with Gasteiger partial charge >= 0.3 is 41.5 Å². The van der Waals surface area contributed by atoms with Crippen molar-refractivity contribution in [2.45, 2.75) is 51.9 Å². The fraction of sp³-hybridized carbons (Fsp3) is 0.500. The van der Waals surface area contributed by atoms with E-state index in [1.165, 1.54) is 19.3 Å². The molecule has 20 heavy (non-hydrogen) atoms. The van der Waals surface area contributed by atoms with Gasteiger partial charge in [0.15, 0.2) is 0 Å². The summed E-state index contributed by atoms with van der Waals surface area (Å²) in [5.74, 6) is -0.985. The van der Waals surface area contributed by atoms with Crippen LogP contribution in [0.25, 0.3) is 0 Å². The first-order chi connectivity index (χ1) is 9.24. The molecule has 0 heterocycles. The molecule has 0 aliphatic heterocycles. The van der Waals surface area contributed by atoms with Crippen LogP contribution in [0.15, 0.2) is 30.3 Å². The zero-order valence-electron chi connectivity index (χ0n) is 11.6. The second-order valence-corrected chi connectivity index (χ2v) is 4.65. The fourth-order valence-electron chi connectivity index (χ4n) is 1.84. The van der Waals surface area contributed by atoms with E-state index < -0.39 is 11.9 Å². The van der Waals surface area contributed by atoms with Gasteiger partial charge in [0.25, 0.3) is 0 Å². The molecule has 0 atom stereocenters. The third-order valence-corrected chi connectivity index (χ3v) is 2.95. The van der Waals surface area contributed by atoms with Gasteiger partial charge in [0.05, 0.1) is 5.56 Å². The van der Waals surface area contributed by atoms with Crippen molar-refractivity contribution in [3.8, 4) is 0 Å². The van der Waals surface area contributed by atoms with E-state index in [1.807, 2.05) is 6.07 Å². The van der Waals surface area contributed by atoms with Crippen molar-refractivity contribution in [1.82, 2.24) is 0 Å². The molecular weight excluding hydrogens is 263 g/mol. The SMILES string of the molecule is CCCCCCCCC(=O)OC(=O)c1ccccc1.[NaH]. The first kappa shape index (κ1) is 19.4. The number of benzene rings is 1. The molecule has 1 rings (SSSR count). The van der Waals surface area contributed by atoms with Gasteiger partial charge in [-0.05, 0) is 18.6 Å². The van der Waals surface area contributed by atoms with Crippen LogP contribution in [0.2, 0.25) is 0 Å². The monoisotopic (exact) mass is 286 g/mol. The zero-order chi connectivity index (χ0) is 13.9. The molecule has 1 aromatic rings. The molecule has 0 saturated heterocycles. The molecule has 0 bridgehead atoms. The summed E-state index contributed by atoms with van der Waals surface area (Å²) in [5.41, 5.74) is 0.416. The molecule has 0 fully saturated rings. The molecular formula is C16H23NaO3. The van der Waals surface area contributed by atoms with Crippen LogP contribution >= 0.6 is 0 Å². The minimum absolute atomic E-state index is 0. The molecule has 0 amide bonds. The van der Waals surface area contributed by atoms with Gasteiger partial charge in [-0.25, -0.2) is 4.79 Å². The van der Waals surface area contributed by atoms with Crippen molar-refractivity contribution in [2.24, 2.45) is 0 Å². The van der Waals surface area contributed by atoms with Crippen molar-refractivity contribution in [3.05, 3.63) is 35.9 Å². The Hall–Kier alpha value is -0.640. The van der Waals surface area contributed by atoms with Gasteiger partial charge in [-0.2, -0.15) is 0 Å². The van der Waals surface area contributed by atoms with Gasteiger partial charge in [-0.1, -0.05) is 57.2 Å². The van der Waals surface area contributed by atoms with E-state index >= 15 is 0 Å². The molecule has 0 radical (unpaired) electrons. The topological polar surface area (TPSA) is 43.4 Å². The molecule has 106 valence electrons. The first-order valence-corrected chi connectivity index (χ1v) is 7.04. The minimum atomic E-state index is -0.559. The number of hydrogen-bond acceptors (Lipinski definition) is 3. The van der Waals surface area contributed by atoms with E-state index in [9.17, 15) is 9.59 Å². The Morgan fingerprint density at radius 2 is 1.55 bits per heavy atom. The number of carbonyl (C=O) groups excluding carboxylic acids is 2. The standard InChI is InChI=1S/C16H22O3.Na.H/c1-2-3-4-5-6-10-13-15(17)19-16(18)14-11-8-7-9-12-14;;/h7-9,11-12H,2-6,10,13H2,1H3;;. The average Bonchev–Trinajstić information content (AvgIpc) is 2.43. The van der Waals surface area contributed by atoms with Crippen LogP contribution in [0, 0.1) is 0 Å². The van der Waals surface area contributed by atoms with Crippen LogP contribution in [0.3, 0.4) is 0 Å². The van der Waals surface area contributed by atoms with E-state index in [0.29, 0.717) is 12.0 Å². The quantitative estimate of drug-likeness (QED) is 0.318. The van der Waals surface area contributed by atoms with Crippen molar-refractivity contribution in [1.29, 1.82) is 0 Å². The van der Waals surface area contributed by atoms with Gasteiger partial charge in [0, 0.05) is 6.42 Å². The predicted octanol–water partition coefficient (Wildman–Crippen LogP) is 3.47. The molecule has 0 unspecified atom stereocenters. The summed E-state index contributed by atoms with van der Waals surface area (Å²) in [6.07, 6.45) is 6.97. The number of carbonyl (C=O) groups is 2. The van der Waals surface area contributed by atoms with Crippen LogP contribution in [-0.2, 0) is 9.53 Å².